The highest BCUT2D eigenvalue weighted by Gasteiger charge is 2.30. The largest absolute Gasteiger partial charge is 0.491 e. The van der Waals surface area contributed by atoms with Crippen molar-refractivity contribution in [1.29, 1.82) is 0 Å². The Hall–Kier alpha value is -2.83. The van der Waals surface area contributed by atoms with E-state index in [0.717, 1.165) is 57.6 Å². The van der Waals surface area contributed by atoms with Gasteiger partial charge in [0, 0.05) is 37.9 Å². The molecule has 0 spiro atoms. The van der Waals surface area contributed by atoms with Crippen molar-refractivity contribution in [2.24, 2.45) is 0 Å². The van der Waals surface area contributed by atoms with Crippen LogP contribution >= 0.6 is 0 Å². The summed E-state index contributed by atoms with van der Waals surface area (Å²) < 4.78 is 7.72. The molecule has 0 bridgehead atoms. The first-order valence-electron chi connectivity index (χ1n) is 10.5. The third-order valence-corrected chi connectivity index (χ3v) is 5.78. The lowest BCUT2D eigenvalue weighted by Gasteiger charge is -2.24. The Labute approximate surface area is 171 Å². The van der Waals surface area contributed by atoms with Gasteiger partial charge in [-0.05, 0) is 56.9 Å². The normalized spacial score (nSPS) is 19.0. The Balaban J connectivity index is 1.34. The minimum atomic E-state index is 0.0161. The summed E-state index contributed by atoms with van der Waals surface area (Å²) in [7, 11) is 0. The molecule has 29 heavy (non-hydrogen) atoms. The van der Waals surface area contributed by atoms with Crippen LogP contribution in [0.4, 0.5) is 0 Å². The maximum atomic E-state index is 12.8. The monoisotopic (exact) mass is 396 g/mol. The van der Waals surface area contributed by atoms with Crippen molar-refractivity contribution in [3.8, 4) is 5.75 Å². The van der Waals surface area contributed by atoms with Gasteiger partial charge in [0.05, 0.1) is 17.8 Å². The fourth-order valence-electron chi connectivity index (χ4n) is 4.08. The molecular formula is C22H28N4O3. The summed E-state index contributed by atoms with van der Waals surface area (Å²) in [5.41, 5.74) is 1.33. The van der Waals surface area contributed by atoms with E-state index in [-0.39, 0.29) is 17.9 Å². The standard InChI is InChI=1S/C22H28N4O3/c1-2-25-15-18(14-23-25)22(28)26-13-5-6-19(26)16-29-20-9-7-17(8-10-20)21(27)24-11-3-4-12-24/h7-10,14-15,19H,2-6,11-13,16H2,1H3. The maximum Gasteiger partial charge on any atom is 0.257 e. The van der Waals surface area contributed by atoms with Crippen molar-refractivity contribution in [1.82, 2.24) is 19.6 Å². The van der Waals surface area contributed by atoms with Crippen molar-refractivity contribution in [2.45, 2.75) is 45.2 Å². The third kappa shape index (κ3) is 4.28. The lowest BCUT2D eigenvalue weighted by Crippen LogP contribution is -2.38. The number of hydrogen-bond donors (Lipinski definition) is 0. The van der Waals surface area contributed by atoms with Crippen LogP contribution in [0.2, 0.25) is 0 Å². The summed E-state index contributed by atoms with van der Waals surface area (Å²) in [5.74, 6) is 0.831. The van der Waals surface area contributed by atoms with E-state index in [1.807, 2.05) is 41.0 Å². The summed E-state index contributed by atoms with van der Waals surface area (Å²) in [6.07, 6.45) is 7.52. The topological polar surface area (TPSA) is 67.7 Å². The van der Waals surface area contributed by atoms with Gasteiger partial charge in [-0.1, -0.05) is 0 Å². The average molecular weight is 396 g/mol. The molecule has 2 fully saturated rings. The highest BCUT2D eigenvalue weighted by atomic mass is 16.5. The van der Waals surface area contributed by atoms with Crippen LogP contribution in [0.15, 0.2) is 36.7 Å². The summed E-state index contributed by atoms with van der Waals surface area (Å²) in [6.45, 7) is 5.63. The number of hydrogen-bond acceptors (Lipinski definition) is 4. The molecule has 4 rings (SSSR count). The third-order valence-electron chi connectivity index (χ3n) is 5.78. The summed E-state index contributed by atoms with van der Waals surface area (Å²) in [4.78, 5) is 29.0. The zero-order chi connectivity index (χ0) is 20.2. The highest BCUT2D eigenvalue weighted by molar-refractivity contribution is 5.94. The smallest absolute Gasteiger partial charge is 0.257 e. The van der Waals surface area contributed by atoms with Gasteiger partial charge < -0.3 is 14.5 Å². The summed E-state index contributed by atoms with van der Waals surface area (Å²) >= 11 is 0. The van der Waals surface area contributed by atoms with Crippen LogP contribution < -0.4 is 4.74 Å². The molecule has 2 amide bonds. The van der Waals surface area contributed by atoms with Gasteiger partial charge in [0.1, 0.15) is 12.4 Å². The maximum absolute atomic E-state index is 12.8. The fourth-order valence-corrected chi connectivity index (χ4v) is 4.08. The van der Waals surface area contributed by atoms with Crippen LogP contribution in [0.3, 0.4) is 0 Å². The zero-order valence-electron chi connectivity index (χ0n) is 16.9. The fraction of sp³-hybridized carbons (Fsp3) is 0.500. The Morgan fingerprint density at radius 3 is 2.48 bits per heavy atom. The van der Waals surface area contributed by atoms with E-state index in [2.05, 4.69) is 5.10 Å². The number of rotatable bonds is 6. The Morgan fingerprint density at radius 1 is 1.03 bits per heavy atom. The number of carbonyl (C=O) groups is 2. The molecule has 2 saturated heterocycles. The second-order valence-electron chi connectivity index (χ2n) is 7.71. The van der Waals surface area contributed by atoms with E-state index in [0.29, 0.717) is 17.7 Å². The van der Waals surface area contributed by atoms with E-state index < -0.39 is 0 Å². The van der Waals surface area contributed by atoms with Crippen LogP contribution in [-0.4, -0.2) is 63.7 Å². The molecule has 0 radical (unpaired) electrons. The minimum Gasteiger partial charge on any atom is -0.491 e. The van der Waals surface area contributed by atoms with Gasteiger partial charge in [0.2, 0.25) is 0 Å². The second kappa shape index (κ2) is 8.68. The first kappa shape index (κ1) is 19.5. The molecule has 1 aromatic carbocycles. The van der Waals surface area contributed by atoms with E-state index in [4.69, 9.17) is 4.74 Å². The number of aryl methyl sites for hydroxylation is 1. The molecule has 0 N–H and O–H groups in total. The number of likely N-dealkylation sites (tertiary alicyclic amines) is 2. The molecule has 1 atom stereocenters. The van der Waals surface area contributed by atoms with Crippen molar-refractivity contribution in [2.75, 3.05) is 26.2 Å². The molecule has 0 aliphatic carbocycles. The molecule has 7 nitrogen and oxygen atoms in total. The molecule has 3 heterocycles. The van der Waals surface area contributed by atoms with Crippen molar-refractivity contribution >= 4 is 11.8 Å². The number of aromatic nitrogens is 2. The Kier molecular flexibility index (Phi) is 5.83. The van der Waals surface area contributed by atoms with Crippen molar-refractivity contribution in [3.05, 3.63) is 47.8 Å². The van der Waals surface area contributed by atoms with Crippen molar-refractivity contribution in [3.63, 3.8) is 0 Å². The number of amides is 2. The first-order valence-corrected chi connectivity index (χ1v) is 10.5. The van der Waals surface area contributed by atoms with Gasteiger partial charge in [-0.3, -0.25) is 14.3 Å². The zero-order valence-corrected chi connectivity index (χ0v) is 16.9. The van der Waals surface area contributed by atoms with Crippen LogP contribution in [0.5, 0.6) is 5.75 Å². The van der Waals surface area contributed by atoms with E-state index in [1.165, 1.54) is 0 Å². The highest BCUT2D eigenvalue weighted by Crippen LogP contribution is 2.22. The quantitative estimate of drug-likeness (QED) is 0.753. The van der Waals surface area contributed by atoms with E-state index in [9.17, 15) is 9.59 Å². The number of carbonyl (C=O) groups excluding carboxylic acids is 2. The summed E-state index contributed by atoms with van der Waals surface area (Å²) in [6, 6.07) is 7.39. The van der Waals surface area contributed by atoms with Crippen LogP contribution in [0, 0.1) is 0 Å². The average Bonchev–Trinajstić information content (AvgIpc) is 3.53. The van der Waals surface area contributed by atoms with E-state index >= 15 is 0 Å². The molecule has 2 aliphatic rings. The van der Waals surface area contributed by atoms with Gasteiger partial charge >= 0.3 is 0 Å². The van der Waals surface area contributed by atoms with Crippen LogP contribution in [-0.2, 0) is 6.54 Å². The van der Waals surface area contributed by atoms with Gasteiger partial charge in [0.25, 0.3) is 11.8 Å². The van der Waals surface area contributed by atoms with Gasteiger partial charge in [-0.25, -0.2) is 0 Å². The van der Waals surface area contributed by atoms with Crippen LogP contribution in [0.25, 0.3) is 0 Å². The molecule has 2 aliphatic heterocycles. The Bertz CT molecular complexity index is 855. The SMILES string of the molecule is CCn1cc(C(=O)N2CCCC2COc2ccc(C(=O)N3CCCC3)cc2)cn1. The van der Waals surface area contributed by atoms with Crippen molar-refractivity contribution < 1.29 is 14.3 Å². The molecule has 2 aromatic rings. The number of benzene rings is 1. The molecule has 1 unspecified atom stereocenters. The predicted octanol–water partition coefficient (Wildman–Crippen LogP) is 2.82. The molecule has 1 aromatic heterocycles. The number of ether oxygens (including phenoxy) is 1. The van der Waals surface area contributed by atoms with Crippen LogP contribution in [0.1, 0.15) is 53.3 Å². The molecule has 154 valence electrons. The lowest BCUT2D eigenvalue weighted by molar-refractivity contribution is 0.0690. The Morgan fingerprint density at radius 2 is 1.79 bits per heavy atom. The second-order valence-corrected chi connectivity index (χ2v) is 7.71. The van der Waals surface area contributed by atoms with Gasteiger partial charge in [-0.2, -0.15) is 5.10 Å². The molecule has 0 saturated carbocycles. The van der Waals surface area contributed by atoms with E-state index in [1.54, 1.807) is 17.1 Å². The predicted molar refractivity (Wildman–Crippen MR) is 109 cm³/mol. The van der Waals surface area contributed by atoms with Gasteiger partial charge in [-0.15, -0.1) is 0 Å². The lowest BCUT2D eigenvalue weighted by atomic mass is 10.2. The molecular weight excluding hydrogens is 368 g/mol. The minimum absolute atomic E-state index is 0.0161. The summed E-state index contributed by atoms with van der Waals surface area (Å²) in [5, 5.41) is 4.20. The molecule has 7 heteroatoms. The number of nitrogens with zero attached hydrogens (tertiary/aromatic N) is 4. The van der Waals surface area contributed by atoms with Gasteiger partial charge in [0.15, 0.2) is 0 Å². The first-order chi connectivity index (χ1) is 14.2.